The number of hydrogen-bond donors (Lipinski definition) is 0. The molecule has 0 bridgehead atoms. The van der Waals surface area contributed by atoms with Gasteiger partial charge in [0, 0.05) is 12.3 Å². The van der Waals surface area contributed by atoms with Crippen LogP contribution < -0.4 is 4.74 Å². The molecule has 8 heteroatoms. The number of nitrogens with zero attached hydrogens (tertiary/aromatic N) is 5. The summed E-state index contributed by atoms with van der Waals surface area (Å²) in [5.74, 6) is 0.802. The van der Waals surface area contributed by atoms with Crippen LogP contribution in [0.4, 0.5) is 5.69 Å². The first-order valence-corrected chi connectivity index (χ1v) is 9.00. The van der Waals surface area contributed by atoms with Crippen LogP contribution in [0.1, 0.15) is 17.0 Å². The molecule has 0 radical (unpaired) electrons. The molecule has 4 aromatic rings. The average Bonchev–Trinajstić information content (AvgIpc) is 3.33. The normalized spacial score (nSPS) is 10.9. The molecule has 0 unspecified atom stereocenters. The summed E-state index contributed by atoms with van der Waals surface area (Å²) in [6, 6.07) is 14.7. The highest BCUT2D eigenvalue weighted by Gasteiger charge is 2.20. The van der Waals surface area contributed by atoms with Gasteiger partial charge in [-0.05, 0) is 35.9 Å². The standard InChI is InChI=1S/C21H19N5O3/c1-3-18-21-19(5-4-6-20(21)26(27)28)25(23-18)14-16-11-12-22-24(16)13-15-7-9-17(29-2)10-8-15/h3-12H,1,13-14H2,2H3. The van der Waals surface area contributed by atoms with Gasteiger partial charge in [0.15, 0.2) is 0 Å². The van der Waals surface area contributed by atoms with Crippen molar-refractivity contribution in [3.63, 3.8) is 0 Å². The number of rotatable bonds is 7. The molecule has 0 amide bonds. The molecule has 29 heavy (non-hydrogen) atoms. The number of aromatic nitrogens is 4. The Labute approximate surface area is 166 Å². The Morgan fingerprint density at radius 2 is 1.93 bits per heavy atom. The van der Waals surface area contributed by atoms with Crippen molar-refractivity contribution in [3.05, 3.63) is 88.4 Å². The molecule has 2 heterocycles. The van der Waals surface area contributed by atoms with Crippen molar-refractivity contribution in [2.45, 2.75) is 13.1 Å². The van der Waals surface area contributed by atoms with Crippen molar-refractivity contribution in [3.8, 4) is 5.75 Å². The van der Waals surface area contributed by atoms with Crippen LogP contribution in [0, 0.1) is 10.1 Å². The molecule has 0 aliphatic rings. The van der Waals surface area contributed by atoms with E-state index < -0.39 is 4.92 Å². The van der Waals surface area contributed by atoms with Crippen LogP contribution in [-0.4, -0.2) is 31.6 Å². The molecule has 8 nitrogen and oxygen atoms in total. The lowest BCUT2D eigenvalue weighted by Crippen LogP contribution is -2.11. The van der Waals surface area contributed by atoms with Gasteiger partial charge in [0.25, 0.3) is 5.69 Å². The van der Waals surface area contributed by atoms with Crippen LogP contribution in [0.3, 0.4) is 0 Å². The smallest absolute Gasteiger partial charge is 0.281 e. The molecule has 4 rings (SSSR count). The number of hydrogen-bond acceptors (Lipinski definition) is 5. The van der Waals surface area contributed by atoms with Gasteiger partial charge in [-0.1, -0.05) is 24.8 Å². The fraction of sp³-hybridized carbons (Fsp3) is 0.143. The third kappa shape index (κ3) is 3.47. The monoisotopic (exact) mass is 389 g/mol. The number of fused-ring (bicyclic) bond motifs is 1. The minimum absolute atomic E-state index is 0.0235. The van der Waals surface area contributed by atoms with Crippen LogP contribution >= 0.6 is 0 Å². The minimum Gasteiger partial charge on any atom is -0.497 e. The lowest BCUT2D eigenvalue weighted by Gasteiger charge is -2.09. The second-order valence-electron chi connectivity index (χ2n) is 6.50. The van der Waals surface area contributed by atoms with E-state index in [0.29, 0.717) is 29.7 Å². The van der Waals surface area contributed by atoms with E-state index >= 15 is 0 Å². The topological polar surface area (TPSA) is 88.0 Å². The van der Waals surface area contributed by atoms with Crippen molar-refractivity contribution < 1.29 is 9.66 Å². The number of nitro groups is 1. The van der Waals surface area contributed by atoms with Crippen molar-refractivity contribution >= 4 is 22.7 Å². The number of nitro benzene ring substituents is 1. The molecule has 0 saturated carbocycles. The highest BCUT2D eigenvalue weighted by atomic mass is 16.6. The first kappa shape index (κ1) is 18.4. The summed E-state index contributed by atoms with van der Waals surface area (Å²) in [6.07, 6.45) is 3.28. The molecule has 0 fully saturated rings. The lowest BCUT2D eigenvalue weighted by molar-refractivity contribution is -0.383. The number of methoxy groups -OCH3 is 1. The summed E-state index contributed by atoms with van der Waals surface area (Å²) in [4.78, 5) is 11.0. The first-order valence-electron chi connectivity index (χ1n) is 9.00. The molecule has 0 N–H and O–H groups in total. The predicted molar refractivity (Wildman–Crippen MR) is 110 cm³/mol. The van der Waals surface area contributed by atoms with Gasteiger partial charge >= 0.3 is 0 Å². The van der Waals surface area contributed by atoms with Crippen molar-refractivity contribution in [2.75, 3.05) is 7.11 Å². The van der Waals surface area contributed by atoms with Crippen molar-refractivity contribution in [1.82, 2.24) is 19.6 Å². The van der Waals surface area contributed by atoms with E-state index in [9.17, 15) is 10.1 Å². The van der Waals surface area contributed by atoms with Crippen molar-refractivity contribution in [2.24, 2.45) is 0 Å². The van der Waals surface area contributed by atoms with Crippen molar-refractivity contribution in [1.29, 1.82) is 0 Å². The zero-order valence-corrected chi connectivity index (χ0v) is 15.9. The second-order valence-corrected chi connectivity index (χ2v) is 6.50. The summed E-state index contributed by atoms with van der Waals surface area (Å²) < 4.78 is 8.84. The highest BCUT2D eigenvalue weighted by molar-refractivity contribution is 5.94. The number of benzene rings is 2. The molecule has 0 aliphatic carbocycles. The molecular weight excluding hydrogens is 370 g/mol. The SMILES string of the molecule is C=Cc1nn(Cc2ccnn2Cc2ccc(OC)cc2)c2cccc([N+](=O)[O-])c12. The zero-order valence-electron chi connectivity index (χ0n) is 15.9. The number of non-ortho nitro benzene ring substituents is 1. The highest BCUT2D eigenvalue weighted by Crippen LogP contribution is 2.29. The molecule has 0 spiro atoms. The Balaban J connectivity index is 1.68. The summed E-state index contributed by atoms with van der Waals surface area (Å²) in [7, 11) is 1.64. The van der Waals surface area contributed by atoms with Crippen LogP contribution in [0.15, 0.2) is 61.3 Å². The van der Waals surface area contributed by atoms with E-state index in [2.05, 4.69) is 16.8 Å². The summed E-state index contributed by atoms with van der Waals surface area (Å²) in [6.45, 7) is 4.78. The molecular formula is C21H19N5O3. The third-order valence-electron chi connectivity index (χ3n) is 4.78. The Morgan fingerprint density at radius 3 is 2.62 bits per heavy atom. The van der Waals surface area contributed by atoms with E-state index in [1.807, 2.05) is 41.1 Å². The van der Waals surface area contributed by atoms with E-state index in [0.717, 1.165) is 17.0 Å². The Bertz CT molecular complexity index is 1190. The number of ether oxygens (including phenoxy) is 1. The molecule has 0 saturated heterocycles. The quantitative estimate of drug-likeness (QED) is 0.353. The Morgan fingerprint density at radius 1 is 1.14 bits per heavy atom. The molecule has 2 aromatic heterocycles. The van der Waals surface area contributed by atoms with Crippen LogP contribution in [-0.2, 0) is 13.1 Å². The van der Waals surface area contributed by atoms with Gasteiger partial charge in [-0.2, -0.15) is 10.2 Å². The molecule has 0 aliphatic heterocycles. The van der Waals surface area contributed by atoms with Crippen LogP contribution in [0.25, 0.3) is 17.0 Å². The fourth-order valence-corrected chi connectivity index (χ4v) is 3.35. The Hall–Kier alpha value is -3.94. The first-order chi connectivity index (χ1) is 14.1. The van der Waals surface area contributed by atoms with E-state index in [4.69, 9.17) is 4.74 Å². The summed E-state index contributed by atoms with van der Waals surface area (Å²) in [5.41, 5.74) is 3.23. The van der Waals surface area contributed by atoms with E-state index in [-0.39, 0.29) is 5.69 Å². The zero-order chi connectivity index (χ0) is 20.4. The maximum atomic E-state index is 11.4. The van der Waals surface area contributed by atoms with Gasteiger partial charge in [-0.15, -0.1) is 0 Å². The lowest BCUT2D eigenvalue weighted by atomic mass is 10.1. The molecule has 2 aromatic carbocycles. The molecule has 0 atom stereocenters. The van der Waals surface area contributed by atoms with Gasteiger partial charge < -0.3 is 4.74 Å². The average molecular weight is 389 g/mol. The predicted octanol–water partition coefficient (Wildman–Crippen LogP) is 3.89. The maximum Gasteiger partial charge on any atom is 0.281 e. The summed E-state index contributed by atoms with van der Waals surface area (Å²) in [5, 5.41) is 20.9. The van der Waals surface area contributed by atoms with Crippen LogP contribution in [0.2, 0.25) is 0 Å². The Kier molecular flexibility index (Phi) is 4.82. The fourth-order valence-electron chi connectivity index (χ4n) is 3.35. The van der Waals surface area contributed by atoms with Gasteiger partial charge in [0.1, 0.15) is 11.1 Å². The van der Waals surface area contributed by atoms with Crippen LogP contribution in [0.5, 0.6) is 5.75 Å². The third-order valence-corrected chi connectivity index (χ3v) is 4.78. The second kappa shape index (κ2) is 7.59. The molecule has 146 valence electrons. The summed E-state index contributed by atoms with van der Waals surface area (Å²) >= 11 is 0. The van der Waals surface area contributed by atoms with Gasteiger partial charge in [0.2, 0.25) is 0 Å². The van der Waals surface area contributed by atoms with E-state index in [1.54, 1.807) is 30.1 Å². The van der Waals surface area contributed by atoms with E-state index in [1.165, 1.54) is 6.07 Å². The maximum absolute atomic E-state index is 11.4. The largest absolute Gasteiger partial charge is 0.497 e. The van der Waals surface area contributed by atoms with Gasteiger partial charge in [-0.25, -0.2) is 0 Å². The van der Waals surface area contributed by atoms with Gasteiger partial charge in [0.05, 0.1) is 42.0 Å². The van der Waals surface area contributed by atoms with Gasteiger partial charge in [-0.3, -0.25) is 19.5 Å². The minimum atomic E-state index is -0.394.